The van der Waals surface area contributed by atoms with Crippen LogP contribution in [0.25, 0.3) is 0 Å². The Hall–Kier alpha value is -1.16. The van der Waals surface area contributed by atoms with Gasteiger partial charge in [0.05, 0.1) is 21.8 Å². The minimum Gasteiger partial charge on any atom is -0.349 e. The highest BCUT2D eigenvalue weighted by atomic mass is 35.5. The van der Waals surface area contributed by atoms with E-state index in [4.69, 9.17) is 23.2 Å². The average molecular weight is 368 g/mol. The molecule has 5 heteroatoms. The summed E-state index contributed by atoms with van der Waals surface area (Å²) in [5, 5.41) is 4.18. The van der Waals surface area contributed by atoms with E-state index in [2.05, 4.69) is 12.2 Å². The van der Waals surface area contributed by atoms with Gasteiger partial charge in [0.25, 0.3) is 0 Å². The standard InChI is InChI=1S/C18H19Cl2NOS/c1-2-17(14-6-4-3-5-7-14)21-18(22)12-23-11-13-8-9-15(19)16(20)10-13/h3-10,17H,2,11-12H2,1H3,(H,21,22)/t17-/m0/s1. The molecular weight excluding hydrogens is 349 g/mol. The van der Waals surface area contributed by atoms with Gasteiger partial charge in [-0.05, 0) is 29.7 Å². The van der Waals surface area contributed by atoms with E-state index in [0.717, 1.165) is 23.3 Å². The number of thioether (sulfide) groups is 1. The molecule has 0 saturated carbocycles. The monoisotopic (exact) mass is 367 g/mol. The fourth-order valence-electron chi connectivity index (χ4n) is 2.23. The van der Waals surface area contributed by atoms with Gasteiger partial charge in [-0.2, -0.15) is 0 Å². The van der Waals surface area contributed by atoms with Gasteiger partial charge in [-0.25, -0.2) is 0 Å². The molecule has 1 N–H and O–H groups in total. The topological polar surface area (TPSA) is 29.1 Å². The molecule has 0 radical (unpaired) electrons. The van der Waals surface area contributed by atoms with Crippen LogP contribution in [0.4, 0.5) is 0 Å². The Morgan fingerprint density at radius 3 is 2.52 bits per heavy atom. The minimum atomic E-state index is 0.0470. The maximum atomic E-state index is 12.1. The SMILES string of the molecule is CC[C@H](NC(=O)CSCc1ccc(Cl)c(Cl)c1)c1ccccc1. The summed E-state index contributed by atoms with van der Waals surface area (Å²) >= 11 is 13.4. The van der Waals surface area contributed by atoms with Crippen molar-refractivity contribution in [2.45, 2.75) is 25.1 Å². The van der Waals surface area contributed by atoms with Gasteiger partial charge < -0.3 is 5.32 Å². The molecule has 23 heavy (non-hydrogen) atoms. The number of carbonyl (C=O) groups excluding carboxylic acids is 1. The van der Waals surface area contributed by atoms with Gasteiger partial charge in [-0.15, -0.1) is 11.8 Å². The van der Waals surface area contributed by atoms with E-state index >= 15 is 0 Å². The van der Waals surface area contributed by atoms with Crippen LogP contribution in [0.5, 0.6) is 0 Å². The highest BCUT2D eigenvalue weighted by Crippen LogP contribution is 2.24. The Bertz CT molecular complexity index is 649. The fourth-order valence-corrected chi connectivity index (χ4v) is 3.34. The smallest absolute Gasteiger partial charge is 0.230 e. The molecule has 122 valence electrons. The first-order valence-electron chi connectivity index (χ1n) is 7.46. The molecule has 0 aliphatic rings. The van der Waals surface area contributed by atoms with Crippen molar-refractivity contribution in [1.29, 1.82) is 0 Å². The molecule has 0 aromatic heterocycles. The third-order valence-corrected chi connectivity index (χ3v) is 5.17. The largest absolute Gasteiger partial charge is 0.349 e. The second-order valence-electron chi connectivity index (χ2n) is 5.18. The second-order valence-corrected chi connectivity index (χ2v) is 6.98. The highest BCUT2D eigenvalue weighted by Gasteiger charge is 2.12. The molecule has 0 aliphatic carbocycles. The van der Waals surface area contributed by atoms with Crippen molar-refractivity contribution in [2.75, 3.05) is 5.75 Å². The van der Waals surface area contributed by atoms with E-state index in [-0.39, 0.29) is 11.9 Å². The number of carbonyl (C=O) groups is 1. The lowest BCUT2D eigenvalue weighted by Crippen LogP contribution is -2.29. The maximum absolute atomic E-state index is 12.1. The van der Waals surface area contributed by atoms with Crippen molar-refractivity contribution >= 4 is 40.9 Å². The van der Waals surface area contributed by atoms with Gasteiger partial charge in [-0.1, -0.05) is 66.5 Å². The molecule has 1 atom stereocenters. The van der Waals surface area contributed by atoms with Crippen LogP contribution in [-0.4, -0.2) is 11.7 Å². The van der Waals surface area contributed by atoms with Gasteiger partial charge in [-0.3, -0.25) is 4.79 Å². The Morgan fingerprint density at radius 1 is 1.13 bits per heavy atom. The fraction of sp³-hybridized carbons (Fsp3) is 0.278. The zero-order valence-corrected chi connectivity index (χ0v) is 15.2. The Kier molecular flexibility index (Phi) is 7.28. The average Bonchev–Trinajstić information content (AvgIpc) is 2.56. The van der Waals surface area contributed by atoms with E-state index in [0.29, 0.717) is 15.8 Å². The molecule has 0 spiro atoms. The molecular formula is C18H19Cl2NOS. The Labute approximate surface area is 151 Å². The molecule has 2 rings (SSSR count). The first-order valence-corrected chi connectivity index (χ1v) is 9.37. The molecule has 0 aliphatic heterocycles. The molecule has 0 heterocycles. The summed E-state index contributed by atoms with van der Waals surface area (Å²) in [6.07, 6.45) is 0.868. The Morgan fingerprint density at radius 2 is 1.87 bits per heavy atom. The number of rotatable bonds is 7. The summed E-state index contributed by atoms with van der Waals surface area (Å²) in [6, 6.07) is 15.6. The van der Waals surface area contributed by atoms with Crippen LogP contribution in [0.1, 0.15) is 30.5 Å². The number of benzene rings is 2. The molecule has 0 saturated heterocycles. The van der Waals surface area contributed by atoms with E-state index in [1.807, 2.05) is 42.5 Å². The molecule has 0 unspecified atom stereocenters. The summed E-state index contributed by atoms with van der Waals surface area (Å²) in [5.41, 5.74) is 2.20. The van der Waals surface area contributed by atoms with Gasteiger partial charge >= 0.3 is 0 Å². The van der Waals surface area contributed by atoms with Crippen molar-refractivity contribution in [2.24, 2.45) is 0 Å². The molecule has 0 bridgehead atoms. The van der Waals surface area contributed by atoms with Crippen LogP contribution in [0.3, 0.4) is 0 Å². The number of nitrogens with one attached hydrogen (secondary N) is 1. The minimum absolute atomic E-state index is 0.0470. The molecule has 2 aromatic rings. The Balaban J connectivity index is 1.81. The number of hydrogen-bond donors (Lipinski definition) is 1. The van der Waals surface area contributed by atoms with Crippen LogP contribution in [-0.2, 0) is 10.5 Å². The number of halogens is 2. The summed E-state index contributed by atoms with van der Waals surface area (Å²) in [4.78, 5) is 12.1. The van der Waals surface area contributed by atoms with E-state index in [9.17, 15) is 4.79 Å². The summed E-state index contributed by atoms with van der Waals surface area (Å²) in [5.74, 6) is 1.20. The molecule has 1 amide bonds. The maximum Gasteiger partial charge on any atom is 0.230 e. The molecule has 2 aromatic carbocycles. The first kappa shape index (κ1) is 18.2. The van der Waals surface area contributed by atoms with E-state index < -0.39 is 0 Å². The van der Waals surface area contributed by atoms with E-state index in [1.165, 1.54) is 0 Å². The predicted octanol–water partition coefficient (Wildman–Crippen LogP) is 5.49. The third kappa shape index (κ3) is 5.76. The lowest BCUT2D eigenvalue weighted by molar-refractivity contribution is -0.119. The van der Waals surface area contributed by atoms with Crippen LogP contribution >= 0.6 is 35.0 Å². The number of amides is 1. The molecule has 2 nitrogen and oxygen atoms in total. The van der Waals surface area contributed by atoms with Crippen LogP contribution < -0.4 is 5.32 Å². The van der Waals surface area contributed by atoms with Gasteiger partial charge in [0.2, 0.25) is 5.91 Å². The van der Waals surface area contributed by atoms with Crippen LogP contribution in [0, 0.1) is 0 Å². The summed E-state index contributed by atoms with van der Waals surface area (Å²) < 4.78 is 0. The van der Waals surface area contributed by atoms with Crippen molar-refractivity contribution in [3.63, 3.8) is 0 Å². The molecule has 0 fully saturated rings. The second kappa shape index (κ2) is 9.21. The highest BCUT2D eigenvalue weighted by molar-refractivity contribution is 7.99. The van der Waals surface area contributed by atoms with Crippen molar-refractivity contribution < 1.29 is 4.79 Å². The normalized spacial score (nSPS) is 12.0. The predicted molar refractivity (Wildman–Crippen MR) is 100 cm³/mol. The quantitative estimate of drug-likeness (QED) is 0.700. The lowest BCUT2D eigenvalue weighted by Gasteiger charge is -2.17. The van der Waals surface area contributed by atoms with Crippen LogP contribution in [0.15, 0.2) is 48.5 Å². The summed E-state index contributed by atoms with van der Waals surface area (Å²) in [6.45, 7) is 2.07. The first-order chi connectivity index (χ1) is 11.1. The van der Waals surface area contributed by atoms with Crippen LogP contribution in [0.2, 0.25) is 10.0 Å². The number of hydrogen-bond acceptors (Lipinski definition) is 2. The third-order valence-electron chi connectivity index (χ3n) is 3.43. The van der Waals surface area contributed by atoms with E-state index in [1.54, 1.807) is 17.8 Å². The zero-order chi connectivity index (χ0) is 16.7. The van der Waals surface area contributed by atoms with Gasteiger partial charge in [0, 0.05) is 5.75 Å². The zero-order valence-electron chi connectivity index (χ0n) is 12.9. The van der Waals surface area contributed by atoms with Crippen molar-refractivity contribution in [1.82, 2.24) is 5.32 Å². The van der Waals surface area contributed by atoms with Crippen molar-refractivity contribution in [3.8, 4) is 0 Å². The van der Waals surface area contributed by atoms with Crippen molar-refractivity contribution in [3.05, 3.63) is 69.7 Å². The van der Waals surface area contributed by atoms with Gasteiger partial charge in [0.15, 0.2) is 0 Å². The van der Waals surface area contributed by atoms with Gasteiger partial charge in [0.1, 0.15) is 0 Å². The lowest BCUT2D eigenvalue weighted by atomic mass is 10.0. The summed E-state index contributed by atoms with van der Waals surface area (Å²) in [7, 11) is 0.